The van der Waals surface area contributed by atoms with Gasteiger partial charge in [-0.1, -0.05) is 23.5 Å². The first kappa shape index (κ1) is 20.7. The van der Waals surface area contributed by atoms with E-state index in [2.05, 4.69) is 36.1 Å². The number of para-hydroxylation sites is 1. The summed E-state index contributed by atoms with van der Waals surface area (Å²) in [5, 5.41) is 3.79. The minimum atomic E-state index is -0.159. The Bertz CT molecular complexity index is 1020. The first-order chi connectivity index (χ1) is 14.6. The van der Waals surface area contributed by atoms with Crippen LogP contribution >= 0.6 is 27.3 Å². The van der Waals surface area contributed by atoms with E-state index in [1.807, 2.05) is 41.3 Å². The molecule has 3 heterocycles. The first-order valence-electron chi connectivity index (χ1n) is 9.89. The number of anilines is 2. The number of fused-ring (bicyclic) bond motifs is 1. The number of halogens is 1. The second-order valence-corrected chi connectivity index (χ2v) is 8.88. The van der Waals surface area contributed by atoms with Crippen LogP contribution < -0.4 is 10.2 Å². The van der Waals surface area contributed by atoms with Gasteiger partial charge in [0.25, 0.3) is 0 Å². The Labute approximate surface area is 187 Å². The van der Waals surface area contributed by atoms with Crippen LogP contribution in [-0.2, 0) is 9.59 Å². The molecule has 0 bridgehead atoms. The van der Waals surface area contributed by atoms with Crippen molar-refractivity contribution >= 4 is 60.2 Å². The maximum atomic E-state index is 12.7. The molecule has 1 aliphatic rings. The number of rotatable bonds is 5. The number of pyridine rings is 1. The molecule has 0 atom stereocenters. The summed E-state index contributed by atoms with van der Waals surface area (Å²) in [6.07, 6.45) is 3.03. The molecule has 1 N–H and O–H groups in total. The number of nitrogens with one attached hydrogen (secondary N) is 1. The number of carbonyl (C=O) groups is 2. The zero-order valence-electron chi connectivity index (χ0n) is 16.4. The highest BCUT2D eigenvalue weighted by atomic mass is 79.9. The molecule has 0 aliphatic carbocycles. The van der Waals surface area contributed by atoms with E-state index in [4.69, 9.17) is 0 Å². The number of hydrogen-bond acceptors (Lipinski definition) is 6. The van der Waals surface area contributed by atoms with Gasteiger partial charge < -0.3 is 15.1 Å². The van der Waals surface area contributed by atoms with Crippen molar-refractivity contribution in [2.45, 2.75) is 19.3 Å². The van der Waals surface area contributed by atoms with Crippen LogP contribution in [0.4, 0.5) is 10.8 Å². The maximum absolute atomic E-state index is 12.7. The Morgan fingerprint density at radius 2 is 1.93 bits per heavy atom. The fraction of sp³-hybridized carbons (Fsp3) is 0.333. The molecule has 4 rings (SSSR count). The molecule has 9 heteroatoms. The molecule has 0 unspecified atom stereocenters. The fourth-order valence-corrected chi connectivity index (χ4v) is 4.75. The van der Waals surface area contributed by atoms with Crippen LogP contribution in [0.5, 0.6) is 0 Å². The number of amides is 2. The van der Waals surface area contributed by atoms with Crippen LogP contribution in [0.15, 0.2) is 47.1 Å². The Hall–Kier alpha value is -2.52. The van der Waals surface area contributed by atoms with E-state index >= 15 is 0 Å². The monoisotopic (exact) mass is 487 g/mol. The molecule has 0 saturated carbocycles. The topological polar surface area (TPSA) is 78.4 Å². The molecule has 3 aromatic rings. The molecule has 0 radical (unpaired) electrons. The zero-order valence-corrected chi connectivity index (χ0v) is 18.8. The smallest absolute Gasteiger partial charge is 0.224 e. The Kier molecular flexibility index (Phi) is 6.59. The molecular weight excluding hydrogens is 466 g/mol. The van der Waals surface area contributed by atoms with Crippen molar-refractivity contribution in [1.29, 1.82) is 0 Å². The molecule has 156 valence electrons. The second-order valence-electron chi connectivity index (χ2n) is 7.07. The van der Waals surface area contributed by atoms with E-state index in [1.165, 1.54) is 0 Å². The van der Waals surface area contributed by atoms with Crippen molar-refractivity contribution in [3.63, 3.8) is 0 Å². The summed E-state index contributed by atoms with van der Waals surface area (Å²) < 4.78 is 0.822. The molecule has 7 nitrogen and oxygen atoms in total. The van der Waals surface area contributed by atoms with Crippen LogP contribution in [-0.4, -0.2) is 52.9 Å². The van der Waals surface area contributed by atoms with Gasteiger partial charge in [0.1, 0.15) is 10.3 Å². The minimum absolute atomic E-state index is 0.0186. The van der Waals surface area contributed by atoms with Crippen molar-refractivity contribution in [1.82, 2.24) is 14.9 Å². The van der Waals surface area contributed by atoms with E-state index in [0.29, 0.717) is 18.8 Å². The minimum Gasteiger partial charge on any atom is -0.346 e. The molecule has 2 aromatic heterocycles. The van der Waals surface area contributed by atoms with Gasteiger partial charge in [0, 0.05) is 49.7 Å². The summed E-state index contributed by atoms with van der Waals surface area (Å²) in [6.45, 7) is 2.92. The summed E-state index contributed by atoms with van der Waals surface area (Å²) in [6, 6.07) is 11.3. The number of carbonyl (C=O) groups excluding carboxylic acids is 2. The Morgan fingerprint density at radius 3 is 2.77 bits per heavy atom. The average Bonchev–Trinajstić information content (AvgIpc) is 3.03. The molecule has 30 heavy (non-hydrogen) atoms. The van der Waals surface area contributed by atoms with Crippen molar-refractivity contribution in [2.24, 2.45) is 0 Å². The lowest BCUT2D eigenvalue weighted by molar-refractivity contribution is -0.132. The highest BCUT2D eigenvalue weighted by Crippen LogP contribution is 2.27. The fourth-order valence-electron chi connectivity index (χ4n) is 3.41. The zero-order chi connectivity index (χ0) is 20.9. The van der Waals surface area contributed by atoms with E-state index in [9.17, 15) is 9.59 Å². The van der Waals surface area contributed by atoms with Gasteiger partial charge in [-0.2, -0.15) is 0 Å². The third-order valence-electron chi connectivity index (χ3n) is 4.99. The van der Waals surface area contributed by atoms with Gasteiger partial charge in [-0.3, -0.25) is 9.59 Å². The van der Waals surface area contributed by atoms with Gasteiger partial charge in [0.15, 0.2) is 5.13 Å². The number of thiazole rings is 1. The molecule has 1 aliphatic heterocycles. The predicted molar refractivity (Wildman–Crippen MR) is 123 cm³/mol. The second kappa shape index (κ2) is 9.53. The lowest BCUT2D eigenvalue weighted by Gasteiger charge is -2.21. The number of hydrogen-bond donors (Lipinski definition) is 1. The summed E-state index contributed by atoms with van der Waals surface area (Å²) in [4.78, 5) is 38.9. The molecular formula is C21H22BrN5O2S. The normalized spacial score (nSPS) is 14.6. The van der Waals surface area contributed by atoms with E-state index < -0.39 is 0 Å². The molecule has 1 saturated heterocycles. The molecule has 2 amide bonds. The summed E-state index contributed by atoms with van der Waals surface area (Å²) in [5.41, 5.74) is 1.62. The van der Waals surface area contributed by atoms with E-state index in [1.54, 1.807) is 17.5 Å². The number of aromatic nitrogens is 2. The van der Waals surface area contributed by atoms with Gasteiger partial charge >= 0.3 is 0 Å². The van der Waals surface area contributed by atoms with Crippen LogP contribution in [0.3, 0.4) is 0 Å². The van der Waals surface area contributed by atoms with Crippen molar-refractivity contribution in [3.8, 4) is 0 Å². The van der Waals surface area contributed by atoms with E-state index in [0.717, 1.165) is 39.5 Å². The van der Waals surface area contributed by atoms with Gasteiger partial charge in [-0.05, 0) is 46.6 Å². The van der Waals surface area contributed by atoms with Gasteiger partial charge in [0.2, 0.25) is 11.8 Å². The average molecular weight is 488 g/mol. The Balaban J connectivity index is 1.29. The predicted octanol–water partition coefficient (Wildman–Crippen LogP) is 3.91. The van der Waals surface area contributed by atoms with Crippen molar-refractivity contribution in [2.75, 3.05) is 36.4 Å². The quantitative estimate of drug-likeness (QED) is 0.589. The highest BCUT2D eigenvalue weighted by Gasteiger charge is 2.21. The van der Waals surface area contributed by atoms with Gasteiger partial charge in [-0.25, -0.2) is 9.97 Å². The lowest BCUT2D eigenvalue weighted by atomic mass is 10.2. The standard InChI is InChI=1S/C21H22BrN5O2S/c22-15-5-1-2-6-16(15)24-18(28)8-9-19(29)26-11-4-12-27(14-13-26)21-25-17-7-3-10-23-20(17)30-21/h1-3,5-7,10H,4,8-9,11-14H2,(H,24,28). The third kappa shape index (κ3) is 4.96. The summed E-state index contributed by atoms with van der Waals surface area (Å²) in [7, 11) is 0. The van der Waals surface area contributed by atoms with Crippen LogP contribution in [0.25, 0.3) is 10.3 Å². The molecule has 0 spiro atoms. The summed E-state index contributed by atoms with van der Waals surface area (Å²) >= 11 is 4.99. The molecule has 1 fully saturated rings. The Morgan fingerprint density at radius 1 is 1.07 bits per heavy atom. The maximum Gasteiger partial charge on any atom is 0.224 e. The largest absolute Gasteiger partial charge is 0.346 e. The highest BCUT2D eigenvalue weighted by molar-refractivity contribution is 9.10. The SMILES string of the molecule is O=C(CCC(=O)N1CCCN(c2nc3cccnc3s2)CC1)Nc1ccccc1Br. The molecule has 1 aromatic carbocycles. The number of nitrogens with zero attached hydrogens (tertiary/aromatic N) is 4. The first-order valence-corrected chi connectivity index (χ1v) is 11.5. The lowest BCUT2D eigenvalue weighted by Crippen LogP contribution is -2.35. The van der Waals surface area contributed by atoms with Crippen LogP contribution in [0.1, 0.15) is 19.3 Å². The van der Waals surface area contributed by atoms with E-state index in [-0.39, 0.29) is 24.7 Å². The third-order valence-corrected chi connectivity index (χ3v) is 6.72. The summed E-state index contributed by atoms with van der Waals surface area (Å²) in [5.74, 6) is -0.140. The van der Waals surface area contributed by atoms with Gasteiger partial charge in [-0.15, -0.1) is 0 Å². The number of benzene rings is 1. The van der Waals surface area contributed by atoms with Gasteiger partial charge in [0.05, 0.1) is 5.69 Å². The van der Waals surface area contributed by atoms with Crippen LogP contribution in [0, 0.1) is 0 Å². The van der Waals surface area contributed by atoms with Crippen molar-refractivity contribution < 1.29 is 9.59 Å². The van der Waals surface area contributed by atoms with Crippen molar-refractivity contribution in [3.05, 3.63) is 47.1 Å². The van der Waals surface area contributed by atoms with Crippen LogP contribution in [0.2, 0.25) is 0 Å².